The van der Waals surface area contributed by atoms with Crippen molar-refractivity contribution >= 4 is 5.91 Å². The van der Waals surface area contributed by atoms with E-state index < -0.39 is 0 Å². The number of aromatic nitrogens is 3. The van der Waals surface area contributed by atoms with Crippen LogP contribution in [0, 0.1) is 5.92 Å². The van der Waals surface area contributed by atoms with Crippen LogP contribution in [0.1, 0.15) is 56.0 Å². The van der Waals surface area contributed by atoms with Gasteiger partial charge >= 0.3 is 0 Å². The molecule has 1 aliphatic heterocycles. The van der Waals surface area contributed by atoms with Crippen molar-refractivity contribution in [3.63, 3.8) is 0 Å². The van der Waals surface area contributed by atoms with Crippen molar-refractivity contribution in [1.82, 2.24) is 19.7 Å². The van der Waals surface area contributed by atoms with E-state index in [1.54, 1.807) is 12.7 Å². The van der Waals surface area contributed by atoms with Crippen molar-refractivity contribution in [3.8, 4) is 0 Å². The van der Waals surface area contributed by atoms with E-state index in [-0.39, 0.29) is 12.0 Å². The topological polar surface area (TPSA) is 51.0 Å². The van der Waals surface area contributed by atoms with Crippen LogP contribution in [-0.4, -0.2) is 38.7 Å². The van der Waals surface area contributed by atoms with Crippen LogP contribution in [-0.2, 0) is 4.79 Å². The second kappa shape index (κ2) is 7.38. The molecule has 0 unspecified atom stereocenters. The number of benzene rings is 1. The Morgan fingerprint density at radius 3 is 2.56 bits per heavy atom. The number of amides is 1. The van der Waals surface area contributed by atoms with E-state index in [0.717, 1.165) is 51.6 Å². The van der Waals surface area contributed by atoms with Crippen molar-refractivity contribution < 1.29 is 4.79 Å². The second-order valence-electron chi connectivity index (χ2n) is 7.42. The monoisotopic (exact) mass is 338 g/mol. The predicted molar refractivity (Wildman–Crippen MR) is 96.0 cm³/mol. The maximum atomic E-state index is 13.0. The molecule has 2 heterocycles. The lowest BCUT2D eigenvalue weighted by molar-refractivity contribution is -0.138. The van der Waals surface area contributed by atoms with Gasteiger partial charge in [0.05, 0.1) is 6.04 Å². The number of likely N-dealkylation sites (tertiary alicyclic amines) is 1. The van der Waals surface area contributed by atoms with Crippen LogP contribution >= 0.6 is 0 Å². The summed E-state index contributed by atoms with van der Waals surface area (Å²) in [7, 11) is 0. The Kier molecular flexibility index (Phi) is 4.81. The molecule has 5 heteroatoms. The first kappa shape index (κ1) is 16.3. The zero-order chi connectivity index (χ0) is 17.1. The van der Waals surface area contributed by atoms with Crippen LogP contribution in [0.15, 0.2) is 43.0 Å². The van der Waals surface area contributed by atoms with E-state index in [1.165, 1.54) is 5.56 Å². The van der Waals surface area contributed by atoms with Gasteiger partial charge in [-0.1, -0.05) is 30.3 Å². The summed E-state index contributed by atoms with van der Waals surface area (Å²) < 4.78 is 1.91. The molecule has 1 aromatic heterocycles. The summed E-state index contributed by atoms with van der Waals surface area (Å²) in [5.41, 5.74) is 1.43. The van der Waals surface area contributed by atoms with Gasteiger partial charge in [-0.2, -0.15) is 5.10 Å². The number of rotatable bonds is 3. The molecule has 0 bridgehead atoms. The summed E-state index contributed by atoms with van der Waals surface area (Å²) in [6.07, 6.45) is 9.76. The quantitative estimate of drug-likeness (QED) is 0.862. The van der Waals surface area contributed by atoms with Gasteiger partial charge < -0.3 is 4.90 Å². The third-order valence-corrected chi connectivity index (χ3v) is 5.87. The first-order chi connectivity index (χ1) is 12.3. The number of carbonyl (C=O) groups excluding carboxylic acids is 1. The lowest BCUT2D eigenvalue weighted by atomic mass is 9.78. The Bertz CT molecular complexity index is 677. The lowest BCUT2D eigenvalue weighted by Gasteiger charge is -2.37. The predicted octanol–water partition coefficient (Wildman–Crippen LogP) is 3.42. The molecule has 0 radical (unpaired) electrons. The number of hydrogen-bond donors (Lipinski definition) is 0. The molecule has 2 aromatic rings. The van der Waals surface area contributed by atoms with Gasteiger partial charge in [0.25, 0.3) is 0 Å². The maximum absolute atomic E-state index is 13.0. The minimum Gasteiger partial charge on any atom is -0.340 e. The molecule has 25 heavy (non-hydrogen) atoms. The molecule has 1 atom stereocenters. The van der Waals surface area contributed by atoms with E-state index >= 15 is 0 Å². The number of hydrogen-bond acceptors (Lipinski definition) is 3. The van der Waals surface area contributed by atoms with Crippen molar-refractivity contribution in [1.29, 1.82) is 0 Å². The largest absolute Gasteiger partial charge is 0.340 e. The lowest BCUT2D eigenvalue weighted by Crippen LogP contribution is -2.44. The molecule has 1 saturated heterocycles. The van der Waals surface area contributed by atoms with Crippen molar-refractivity contribution in [3.05, 3.63) is 48.5 Å². The van der Waals surface area contributed by atoms with E-state index in [1.807, 2.05) is 4.68 Å². The van der Waals surface area contributed by atoms with Crippen LogP contribution < -0.4 is 0 Å². The Balaban J connectivity index is 1.34. The average Bonchev–Trinajstić information content (AvgIpc) is 3.23. The first-order valence-corrected chi connectivity index (χ1v) is 9.49. The third-order valence-electron chi connectivity index (χ3n) is 5.87. The summed E-state index contributed by atoms with van der Waals surface area (Å²) in [6, 6.07) is 11.0. The molecule has 132 valence electrons. The SMILES string of the molecule is O=C(C1CCC(c2ccccc2)CC1)N1CCC[C@@H](n2cncn2)C1. The number of piperidine rings is 1. The molecule has 1 saturated carbocycles. The zero-order valence-electron chi connectivity index (χ0n) is 14.6. The minimum absolute atomic E-state index is 0.203. The Labute approximate surface area is 149 Å². The van der Waals surface area contributed by atoms with Crippen LogP contribution in [0.3, 0.4) is 0 Å². The average molecular weight is 338 g/mol. The zero-order valence-corrected chi connectivity index (χ0v) is 14.6. The van der Waals surface area contributed by atoms with Crippen molar-refractivity contribution in [2.24, 2.45) is 5.92 Å². The number of carbonyl (C=O) groups is 1. The first-order valence-electron chi connectivity index (χ1n) is 9.49. The van der Waals surface area contributed by atoms with Crippen LogP contribution in [0.5, 0.6) is 0 Å². The highest BCUT2D eigenvalue weighted by atomic mass is 16.2. The Morgan fingerprint density at radius 2 is 1.84 bits per heavy atom. The highest BCUT2D eigenvalue weighted by Gasteiger charge is 2.32. The van der Waals surface area contributed by atoms with Gasteiger partial charge in [0.2, 0.25) is 5.91 Å². The van der Waals surface area contributed by atoms with E-state index in [9.17, 15) is 4.79 Å². The van der Waals surface area contributed by atoms with Gasteiger partial charge in [-0.05, 0) is 50.0 Å². The smallest absolute Gasteiger partial charge is 0.225 e. The molecule has 4 rings (SSSR count). The standard InChI is InChI=1S/C20H26N4O/c25-20(23-12-4-7-19(13-23)24-15-21-14-22-24)18-10-8-17(9-11-18)16-5-2-1-3-6-16/h1-3,5-6,14-15,17-19H,4,7-13H2/t17?,18?,19-/m1/s1. The van der Waals surface area contributed by atoms with Gasteiger partial charge in [0, 0.05) is 19.0 Å². The second-order valence-corrected chi connectivity index (χ2v) is 7.42. The van der Waals surface area contributed by atoms with Crippen LogP contribution in [0.4, 0.5) is 0 Å². The highest BCUT2D eigenvalue weighted by molar-refractivity contribution is 5.79. The minimum atomic E-state index is 0.203. The third kappa shape index (κ3) is 3.60. The molecule has 5 nitrogen and oxygen atoms in total. The highest BCUT2D eigenvalue weighted by Crippen LogP contribution is 2.37. The Morgan fingerprint density at radius 1 is 1.04 bits per heavy atom. The molecule has 0 N–H and O–H groups in total. The summed E-state index contributed by atoms with van der Waals surface area (Å²) >= 11 is 0. The fourth-order valence-corrected chi connectivity index (χ4v) is 4.43. The molecular formula is C20H26N4O. The molecular weight excluding hydrogens is 312 g/mol. The summed E-state index contributed by atoms with van der Waals surface area (Å²) in [6.45, 7) is 1.67. The molecule has 1 aliphatic carbocycles. The molecule has 1 amide bonds. The van der Waals surface area contributed by atoms with Crippen molar-refractivity contribution in [2.75, 3.05) is 13.1 Å². The fraction of sp³-hybridized carbons (Fsp3) is 0.550. The van der Waals surface area contributed by atoms with E-state index in [4.69, 9.17) is 0 Å². The molecule has 2 fully saturated rings. The van der Waals surface area contributed by atoms with Gasteiger partial charge in [-0.25, -0.2) is 9.67 Å². The van der Waals surface area contributed by atoms with Gasteiger partial charge in [0.15, 0.2) is 0 Å². The van der Waals surface area contributed by atoms with Gasteiger partial charge in [-0.3, -0.25) is 4.79 Å². The van der Waals surface area contributed by atoms with Gasteiger partial charge in [0.1, 0.15) is 12.7 Å². The molecule has 1 aromatic carbocycles. The normalized spacial score (nSPS) is 27.2. The molecule has 2 aliphatic rings. The van der Waals surface area contributed by atoms with Crippen LogP contribution in [0.25, 0.3) is 0 Å². The van der Waals surface area contributed by atoms with E-state index in [2.05, 4.69) is 45.3 Å². The number of nitrogens with zero attached hydrogens (tertiary/aromatic N) is 4. The summed E-state index contributed by atoms with van der Waals surface area (Å²) in [4.78, 5) is 19.1. The maximum Gasteiger partial charge on any atom is 0.225 e. The van der Waals surface area contributed by atoms with E-state index in [0.29, 0.717) is 11.8 Å². The molecule has 0 spiro atoms. The summed E-state index contributed by atoms with van der Waals surface area (Å²) in [5, 5.41) is 4.26. The summed E-state index contributed by atoms with van der Waals surface area (Å²) in [5.74, 6) is 1.18. The van der Waals surface area contributed by atoms with Gasteiger partial charge in [-0.15, -0.1) is 0 Å². The Hall–Kier alpha value is -2.17. The van der Waals surface area contributed by atoms with Crippen LogP contribution in [0.2, 0.25) is 0 Å². The van der Waals surface area contributed by atoms with Crippen molar-refractivity contribution in [2.45, 2.75) is 50.5 Å². The fourth-order valence-electron chi connectivity index (χ4n) is 4.43.